The molecule has 2 aliphatic heterocycles. The van der Waals surface area contributed by atoms with Crippen LogP contribution in [-0.4, -0.2) is 54.9 Å². The highest BCUT2D eigenvalue weighted by Gasteiger charge is 2.45. The Balaban J connectivity index is 1.27. The van der Waals surface area contributed by atoms with Crippen LogP contribution in [0.1, 0.15) is 35.2 Å². The van der Waals surface area contributed by atoms with Gasteiger partial charge in [-0.1, -0.05) is 11.2 Å². The molecule has 0 unspecified atom stereocenters. The van der Waals surface area contributed by atoms with Crippen molar-refractivity contribution in [2.75, 3.05) is 26.2 Å². The number of aryl methyl sites for hydroxylation is 1. The normalized spacial score (nSPS) is 18.6. The maximum absolute atomic E-state index is 14.4. The number of hydrogen-bond acceptors (Lipinski definition) is 6. The molecule has 2 fully saturated rings. The van der Waals surface area contributed by atoms with Gasteiger partial charge >= 0.3 is 0 Å². The first-order chi connectivity index (χ1) is 16.2. The van der Waals surface area contributed by atoms with Crippen molar-refractivity contribution in [1.29, 1.82) is 0 Å². The molecule has 0 atom stereocenters. The smallest absolute Gasteiger partial charge is 0.259 e. The monoisotopic (exact) mass is 507 g/mol. The lowest BCUT2D eigenvalue weighted by molar-refractivity contribution is 0.0590. The highest BCUT2D eigenvalue weighted by molar-refractivity contribution is 7.91. The number of aromatic nitrogens is 1. The number of amides is 1. The summed E-state index contributed by atoms with van der Waals surface area (Å²) in [4.78, 5) is 15.0. The number of likely N-dealkylation sites (tertiary alicyclic amines) is 1. The maximum atomic E-state index is 14.4. The summed E-state index contributed by atoms with van der Waals surface area (Å²) < 4.78 is 61.7. The van der Waals surface area contributed by atoms with Crippen molar-refractivity contribution in [3.63, 3.8) is 0 Å². The lowest BCUT2D eigenvalue weighted by Crippen LogP contribution is -2.45. The van der Waals surface area contributed by atoms with E-state index >= 15 is 0 Å². The second-order valence-electron chi connectivity index (χ2n) is 8.94. The number of benzene rings is 1. The summed E-state index contributed by atoms with van der Waals surface area (Å²) in [5.41, 5.74) is 0.0324. The van der Waals surface area contributed by atoms with Gasteiger partial charge in [-0.05, 0) is 55.4 Å². The van der Waals surface area contributed by atoms with Gasteiger partial charge in [-0.2, -0.15) is 4.31 Å². The molecule has 3 aromatic rings. The zero-order chi connectivity index (χ0) is 24.1. The number of thiophene rings is 1. The number of rotatable bonds is 4. The number of hydrogen-bond donors (Lipinski definition) is 0. The maximum Gasteiger partial charge on any atom is 0.259 e. The van der Waals surface area contributed by atoms with Crippen molar-refractivity contribution in [3.05, 3.63) is 59.4 Å². The minimum atomic E-state index is -3.66. The van der Waals surface area contributed by atoms with Crippen molar-refractivity contribution >= 4 is 27.3 Å². The minimum Gasteiger partial charge on any atom is -0.364 e. The topological polar surface area (TPSA) is 83.7 Å². The average molecular weight is 508 g/mol. The van der Waals surface area contributed by atoms with Crippen LogP contribution in [0.4, 0.5) is 8.78 Å². The third-order valence-electron chi connectivity index (χ3n) is 6.88. The lowest BCUT2D eigenvalue weighted by Gasteiger charge is -2.39. The van der Waals surface area contributed by atoms with Gasteiger partial charge in [0.05, 0.1) is 4.88 Å². The Hall–Kier alpha value is -2.63. The minimum absolute atomic E-state index is 0.218. The van der Waals surface area contributed by atoms with Crippen LogP contribution in [0.15, 0.2) is 45.3 Å². The molecular weight excluding hydrogens is 484 g/mol. The zero-order valence-electron chi connectivity index (χ0n) is 18.5. The van der Waals surface area contributed by atoms with Gasteiger partial charge in [0.2, 0.25) is 0 Å². The second kappa shape index (κ2) is 8.54. The molecule has 1 aromatic carbocycles. The summed E-state index contributed by atoms with van der Waals surface area (Å²) >= 11 is 1.15. The van der Waals surface area contributed by atoms with E-state index in [1.807, 2.05) is 0 Å². The highest BCUT2D eigenvalue weighted by atomic mass is 32.2. The van der Waals surface area contributed by atoms with Crippen molar-refractivity contribution < 1.29 is 26.5 Å². The molecule has 0 radical (unpaired) electrons. The molecule has 2 aliphatic rings. The largest absolute Gasteiger partial charge is 0.364 e. The van der Waals surface area contributed by atoms with Gasteiger partial charge in [0.1, 0.15) is 33.4 Å². The first kappa shape index (κ1) is 23.1. The molecule has 7 nitrogen and oxygen atoms in total. The van der Waals surface area contributed by atoms with Crippen molar-refractivity contribution in [2.45, 2.75) is 30.4 Å². The Morgan fingerprint density at radius 3 is 2.53 bits per heavy atom. The van der Waals surface area contributed by atoms with E-state index in [4.69, 9.17) is 4.52 Å². The van der Waals surface area contributed by atoms with Crippen molar-refractivity contribution in [2.24, 2.45) is 5.41 Å². The summed E-state index contributed by atoms with van der Waals surface area (Å²) in [7, 11) is -3.66. The van der Waals surface area contributed by atoms with Crippen LogP contribution >= 0.6 is 11.3 Å². The molecule has 0 N–H and O–H groups in total. The molecule has 0 aliphatic carbocycles. The Bertz CT molecular complexity index is 1330. The number of halogens is 2. The molecule has 4 heterocycles. The standard InChI is InChI=1S/C23H23F2N3O4S2/c1-15-2-3-16(24)20(21(15)25)22(29)27-10-7-23(8-11-27)9-12-28(14-23)34(30,31)19-5-4-18(33-19)17-6-13-32-26-17/h2-6,13H,7-12,14H2,1H3. The van der Waals surface area contributed by atoms with Gasteiger partial charge in [-0.3, -0.25) is 4.79 Å². The van der Waals surface area contributed by atoms with E-state index in [0.717, 1.165) is 17.4 Å². The summed E-state index contributed by atoms with van der Waals surface area (Å²) in [6.45, 7) is 2.91. The van der Waals surface area contributed by atoms with Crippen LogP contribution < -0.4 is 0 Å². The molecule has 2 aromatic heterocycles. The molecule has 0 bridgehead atoms. The van der Waals surface area contributed by atoms with Crippen LogP contribution in [0.3, 0.4) is 0 Å². The number of carbonyl (C=O) groups excluding carboxylic acids is 1. The van der Waals surface area contributed by atoms with E-state index in [1.54, 1.807) is 18.2 Å². The predicted octanol–water partition coefficient (Wildman–Crippen LogP) is 4.31. The predicted molar refractivity (Wildman–Crippen MR) is 122 cm³/mol. The molecular formula is C23H23F2N3O4S2. The Morgan fingerprint density at radius 2 is 1.82 bits per heavy atom. The van der Waals surface area contributed by atoms with Crippen LogP contribution in [0.25, 0.3) is 10.6 Å². The second-order valence-corrected chi connectivity index (χ2v) is 12.2. The Labute approximate surface area is 200 Å². The van der Waals surface area contributed by atoms with Crippen LogP contribution in [0.2, 0.25) is 0 Å². The van der Waals surface area contributed by atoms with Gasteiger partial charge in [0.15, 0.2) is 0 Å². The van der Waals surface area contributed by atoms with Crippen molar-refractivity contribution in [3.8, 4) is 10.6 Å². The molecule has 0 saturated carbocycles. The quantitative estimate of drug-likeness (QED) is 0.526. The highest BCUT2D eigenvalue weighted by Crippen LogP contribution is 2.43. The number of piperidine rings is 1. The number of carbonyl (C=O) groups is 1. The lowest BCUT2D eigenvalue weighted by atomic mass is 9.77. The zero-order valence-corrected chi connectivity index (χ0v) is 20.1. The fourth-order valence-corrected chi connectivity index (χ4v) is 7.74. The molecule has 180 valence electrons. The van der Waals surface area contributed by atoms with E-state index in [0.29, 0.717) is 56.0 Å². The third-order valence-corrected chi connectivity index (χ3v) is 10.3. The van der Waals surface area contributed by atoms with Gasteiger partial charge in [-0.15, -0.1) is 11.3 Å². The van der Waals surface area contributed by atoms with Crippen LogP contribution in [0.5, 0.6) is 0 Å². The molecule has 1 amide bonds. The van der Waals surface area contributed by atoms with E-state index < -0.39 is 33.1 Å². The molecule has 5 rings (SSSR count). The summed E-state index contributed by atoms with van der Waals surface area (Å²) in [6, 6.07) is 7.39. The first-order valence-electron chi connectivity index (χ1n) is 10.9. The third kappa shape index (κ3) is 3.95. The van der Waals surface area contributed by atoms with Crippen LogP contribution in [-0.2, 0) is 10.0 Å². The van der Waals surface area contributed by atoms with Gasteiger partial charge in [0.25, 0.3) is 15.9 Å². The first-order valence-corrected chi connectivity index (χ1v) is 13.2. The fourth-order valence-electron chi connectivity index (χ4n) is 4.77. The Kier molecular flexibility index (Phi) is 5.81. The van der Waals surface area contributed by atoms with Gasteiger partial charge < -0.3 is 9.42 Å². The molecule has 1 spiro atoms. The van der Waals surface area contributed by atoms with E-state index in [9.17, 15) is 22.0 Å². The summed E-state index contributed by atoms with van der Waals surface area (Å²) in [6.07, 6.45) is 3.28. The van der Waals surface area contributed by atoms with Crippen molar-refractivity contribution in [1.82, 2.24) is 14.4 Å². The SMILES string of the molecule is Cc1ccc(F)c(C(=O)N2CCC3(CC2)CCN(S(=O)(=O)c2ccc(-c4ccon4)s2)C3)c1F. The Morgan fingerprint density at radius 1 is 1.09 bits per heavy atom. The van der Waals surface area contributed by atoms with E-state index in [1.165, 1.54) is 28.5 Å². The van der Waals surface area contributed by atoms with Gasteiger partial charge in [-0.25, -0.2) is 17.2 Å². The summed E-state index contributed by atoms with van der Waals surface area (Å²) in [5, 5.41) is 3.85. The fraction of sp³-hybridized carbons (Fsp3) is 0.391. The average Bonchev–Trinajstić information content (AvgIpc) is 3.58. The number of sulfonamides is 1. The summed E-state index contributed by atoms with van der Waals surface area (Å²) in [5.74, 6) is -2.35. The molecule has 2 saturated heterocycles. The van der Waals surface area contributed by atoms with E-state index in [2.05, 4.69) is 5.16 Å². The molecule has 11 heteroatoms. The van der Waals surface area contributed by atoms with Gasteiger partial charge in [0, 0.05) is 32.2 Å². The molecule has 34 heavy (non-hydrogen) atoms. The van der Waals surface area contributed by atoms with Crippen LogP contribution in [0, 0.1) is 24.0 Å². The van der Waals surface area contributed by atoms with E-state index in [-0.39, 0.29) is 15.2 Å². The number of nitrogens with zero attached hydrogens (tertiary/aromatic N) is 3.